The van der Waals surface area contributed by atoms with E-state index in [0.717, 1.165) is 16.3 Å². The summed E-state index contributed by atoms with van der Waals surface area (Å²) in [5, 5.41) is 7.01. The van der Waals surface area contributed by atoms with Crippen molar-refractivity contribution in [3.63, 3.8) is 0 Å². The highest BCUT2D eigenvalue weighted by Gasteiger charge is 2.14. The molecule has 4 aromatic rings. The third-order valence-electron chi connectivity index (χ3n) is 4.60. The van der Waals surface area contributed by atoms with Crippen LogP contribution in [0.3, 0.4) is 0 Å². The fraction of sp³-hybridized carbons (Fsp3) is 0.182. The minimum Gasteiger partial charge on any atom is -0.466 e. The van der Waals surface area contributed by atoms with Crippen molar-refractivity contribution in [3.05, 3.63) is 60.2 Å². The van der Waals surface area contributed by atoms with E-state index in [-0.39, 0.29) is 19.6 Å². The molecule has 4 nitrogen and oxygen atoms in total. The molecule has 0 fully saturated rings. The van der Waals surface area contributed by atoms with Gasteiger partial charge in [-0.25, -0.2) is 0 Å². The first kappa shape index (κ1) is 16.3. The van der Waals surface area contributed by atoms with Crippen molar-refractivity contribution in [1.82, 2.24) is 0 Å². The molecule has 0 bridgehead atoms. The summed E-state index contributed by atoms with van der Waals surface area (Å²) < 4.78 is 10.1. The highest BCUT2D eigenvalue weighted by Crippen LogP contribution is 2.36. The van der Waals surface area contributed by atoms with Crippen molar-refractivity contribution in [3.8, 4) is 0 Å². The Morgan fingerprint density at radius 2 is 1.38 bits per heavy atom. The molecule has 4 aromatic carbocycles. The van der Waals surface area contributed by atoms with Gasteiger partial charge >= 0.3 is 11.9 Å². The fourth-order valence-corrected chi connectivity index (χ4v) is 3.46. The van der Waals surface area contributed by atoms with Gasteiger partial charge in [0.2, 0.25) is 0 Å². The summed E-state index contributed by atoms with van der Waals surface area (Å²) in [6.07, 6.45) is -0.361. The van der Waals surface area contributed by atoms with Crippen molar-refractivity contribution < 1.29 is 19.1 Å². The van der Waals surface area contributed by atoms with Gasteiger partial charge in [0.15, 0.2) is 0 Å². The topological polar surface area (TPSA) is 52.6 Å². The SMILES string of the molecule is CCOC(=O)CC(=O)OCc1ccc2ccc3cccc4ccc1c2c34. The summed E-state index contributed by atoms with van der Waals surface area (Å²) in [5.41, 5.74) is 0.924. The number of rotatable bonds is 5. The number of benzene rings is 4. The Balaban J connectivity index is 1.68. The summed E-state index contributed by atoms with van der Waals surface area (Å²) in [4.78, 5) is 23.2. The highest BCUT2D eigenvalue weighted by atomic mass is 16.6. The lowest BCUT2D eigenvalue weighted by molar-refractivity contribution is -0.154. The van der Waals surface area contributed by atoms with Gasteiger partial charge in [-0.3, -0.25) is 9.59 Å². The molecule has 0 aliphatic heterocycles. The summed E-state index contributed by atoms with van der Waals surface area (Å²) in [5.74, 6) is -1.14. The smallest absolute Gasteiger partial charge is 0.317 e. The van der Waals surface area contributed by atoms with Crippen LogP contribution in [0.1, 0.15) is 18.9 Å². The lowest BCUT2D eigenvalue weighted by atomic mass is 9.92. The van der Waals surface area contributed by atoms with Gasteiger partial charge in [0.25, 0.3) is 0 Å². The Bertz CT molecular complexity index is 1100. The number of hydrogen-bond acceptors (Lipinski definition) is 4. The van der Waals surface area contributed by atoms with E-state index in [1.807, 2.05) is 12.1 Å². The molecule has 0 atom stereocenters. The predicted molar refractivity (Wildman–Crippen MR) is 101 cm³/mol. The monoisotopic (exact) mass is 346 g/mol. The standard InChI is InChI=1S/C22H18O4/c1-2-25-19(23)12-20(24)26-13-17-9-8-16-7-6-14-4-3-5-15-10-11-18(17)22(16)21(14)15/h3-11H,2,12-13H2,1H3. The van der Waals surface area contributed by atoms with Crippen molar-refractivity contribution >= 4 is 44.3 Å². The lowest BCUT2D eigenvalue weighted by Gasteiger charge is -2.14. The maximum absolute atomic E-state index is 11.8. The average Bonchev–Trinajstić information content (AvgIpc) is 2.65. The van der Waals surface area contributed by atoms with E-state index in [9.17, 15) is 9.59 Å². The lowest BCUT2D eigenvalue weighted by Crippen LogP contribution is -2.13. The molecular formula is C22H18O4. The first-order chi connectivity index (χ1) is 12.7. The van der Waals surface area contributed by atoms with Gasteiger partial charge in [-0.05, 0) is 44.8 Å². The second kappa shape index (κ2) is 6.64. The van der Waals surface area contributed by atoms with Crippen LogP contribution in [-0.2, 0) is 25.7 Å². The van der Waals surface area contributed by atoms with Gasteiger partial charge in [0, 0.05) is 0 Å². The molecule has 0 aliphatic carbocycles. The van der Waals surface area contributed by atoms with Crippen LogP contribution in [0.15, 0.2) is 54.6 Å². The maximum atomic E-state index is 11.8. The first-order valence-corrected chi connectivity index (χ1v) is 8.64. The van der Waals surface area contributed by atoms with Crippen LogP contribution >= 0.6 is 0 Å². The molecule has 26 heavy (non-hydrogen) atoms. The zero-order valence-electron chi connectivity index (χ0n) is 14.5. The fourth-order valence-electron chi connectivity index (χ4n) is 3.46. The summed E-state index contributed by atoms with van der Waals surface area (Å²) in [6.45, 7) is 2.08. The second-order valence-corrected chi connectivity index (χ2v) is 6.22. The molecule has 0 saturated carbocycles. The number of hydrogen-bond donors (Lipinski definition) is 0. The third-order valence-corrected chi connectivity index (χ3v) is 4.60. The predicted octanol–water partition coefficient (Wildman–Crippen LogP) is 4.58. The first-order valence-electron chi connectivity index (χ1n) is 8.64. The van der Waals surface area contributed by atoms with Crippen LogP contribution in [-0.4, -0.2) is 18.5 Å². The Morgan fingerprint density at radius 1 is 0.769 bits per heavy atom. The molecule has 0 spiro atoms. The largest absolute Gasteiger partial charge is 0.466 e. The molecule has 130 valence electrons. The van der Waals surface area contributed by atoms with Gasteiger partial charge in [0.1, 0.15) is 13.0 Å². The summed E-state index contributed by atoms with van der Waals surface area (Å²) >= 11 is 0. The highest BCUT2D eigenvalue weighted by molar-refractivity contribution is 6.23. The van der Waals surface area contributed by atoms with Crippen LogP contribution in [0.4, 0.5) is 0 Å². The van der Waals surface area contributed by atoms with Gasteiger partial charge in [-0.2, -0.15) is 0 Å². The third kappa shape index (κ3) is 2.84. The van der Waals surface area contributed by atoms with E-state index in [0.29, 0.717) is 0 Å². The van der Waals surface area contributed by atoms with E-state index in [1.165, 1.54) is 21.5 Å². The van der Waals surface area contributed by atoms with E-state index in [1.54, 1.807) is 6.92 Å². The number of esters is 2. The molecule has 0 N–H and O–H groups in total. The zero-order valence-corrected chi connectivity index (χ0v) is 14.5. The van der Waals surface area contributed by atoms with Crippen molar-refractivity contribution in [2.75, 3.05) is 6.61 Å². The summed E-state index contributed by atoms with van der Waals surface area (Å²) in [7, 11) is 0. The second-order valence-electron chi connectivity index (χ2n) is 6.22. The molecular weight excluding hydrogens is 328 g/mol. The van der Waals surface area contributed by atoms with E-state index in [2.05, 4.69) is 42.5 Å². The molecule has 0 aliphatic rings. The summed E-state index contributed by atoms with van der Waals surface area (Å²) in [6, 6.07) is 18.7. The van der Waals surface area contributed by atoms with Crippen LogP contribution in [0, 0.1) is 0 Å². The maximum Gasteiger partial charge on any atom is 0.317 e. The van der Waals surface area contributed by atoms with Crippen LogP contribution in [0.5, 0.6) is 0 Å². The minimum atomic E-state index is -0.575. The Labute approximate surface area is 150 Å². The van der Waals surface area contributed by atoms with E-state index < -0.39 is 11.9 Å². The van der Waals surface area contributed by atoms with Gasteiger partial charge in [-0.15, -0.1) is 0 Å². The molecule has 0 amide bonds. The molecule has 0 aromatic heterocycles. The minimum absolute atomic E-state index is 0.131. The van der Waals surface area contributed by atoms with Gasteiger partial charge in [-0.1, -0.05) is 54.6 Å². The molecule has 0 radical (unpaired) electrons. The zero-order chi connectivity index (χ0) is 18.1. The molecule has 0 saturated heterocycles. The Hall–Kier alpha value is -3.14. The normalized spacial score (nSPS) is 11.3. The number of carbonyl (C=O) groups excluding carboxylic acids is 2. The van der Waals surface area contributed by atoms with Crippen molar-refractivity contribution in [2.45, 2.75) is 20.0 Å². The van der Waals surface area contributed by atoms with Crippen LogP contribution in [0.25, 0.3) is 32.3 Å². The number of carbonyl (C=O) groups is 2. The quantitative estimate of drug-likeness (QED) is 0.301. The molecule has 4 rings (SSSR count). The Kier molecular flexibility index (Phi) is 4.17. The van der Waals surface area contributed by atoms with Gasteiger partial charge in [0.05, 0.1) is 6.61 Å². The van der Waals surface area contributed by atoms with Crippen molar-refractivity contribution in [1.29, 1.82) is 0 Å². The van der Waals surface area contributed by atoms with E-state index >= 15 is 0 Å². The molecule has 0 unspecified atom stereocenters. The number of ether oxygens (including phenoxy) is 2. The van der Waals surface area contributed by atoms with E-state index in [4.69, 9.17) is 9.47 Å². The van der Waals surface area contributed by atoms with Crippen molar-refractivity contribution in [2.24, 2.45) is 0 Å². The average molecular weight is 346 g/mol. The Morgan fingerprint density at radius 3 is 2.12 bits per heavy atom. The van der Waals surface area contributed by atoms with Crippen LogP contribution in [0.2, 0.25) is 0 Å². The molecule has 4 heteroatoms. The van der Waals surface area contributed by atoms with Crippen LogP contribution < -0.4 is 0 Å². The molecule has 0 heterocycles. The van der Waals surface area contributed by atoms with Gasteiger partial charge < -0.3 is 9.47 Å².